The third kappa shape index (κ3) is 9.66. The molecule has 1 atom stereocenters. The summed E-state index contributed by atoms with van der Waals surface area (Å²) in [5.74, 6) is 0.876. The lowest BCUT2D eigenvalue weighted by atomic mass is 9.90. The van der Waals surface area contributed by atoms with Crippen molar-refractivity contribution in [3.63, 3.8) is 0 Å². The van der Waals surface area contributed by atoms with E-state index in [4.69, 9.17) is 5.41 Å². The Kier molecular flexibility index (Phi) is 12.6. The van der Waals surface area contributed by atoms with E-state index in [0.717, 1.165) is 19.3 Å². The quantitative estimate of drug-likeness (QED) is 0.181. The minimum absolute atomic E-state index is 0.0140. The van der Waals surface area contributed by atoms with Gasteiger partial charge < -0.3 is 25.5 Å². The van der Waals surface area contributed by atoms with Crippen molar-refractivity contribution in [1.29, 1.82) is 5.41 Å². The zero-order valence-corrected chi connectivity index (χ0v) is 23.9. The lowest BCUT2D eigenvalue weighted by Crippen LogP contribution is -2.51. The second-order valence-corrected chi connectivity index (χ2v) is 9.87. The van der Waals surface area contributed by atoms with E-state index in [-0.39, 0.29) is 29.5 Å². The number of nitrogens with one attached hydrogen (secondary N) is 2. The number of hydrogen-bond acceptors (Lipinski definition) is 7. The zero-order chi connectivity index (χ0) is 29.9. The number of alkyl halides is 3. The first-order valence-corrected chi connectivity index (χ1v) is 13.6. The summed E-state index contributed by atoms with van der Waals surface area (Å²) in [5, 5.41) is 21.8. The standard InChI is InChI=1S/C22H28F2N4O2.C8H13FO/c1-4-14(5-2)20(25)19-18(10-11-26-21(19)28-12-16(29)13-28)27-15-6-8-17(9-7-15)30-22(3,23)24;1-3-7(2)8(10)5-4-6-9/h6-11,14,16,25,29H,4-5,12-13H2,1-3H3,(H,26,27);4-5,7H,3,6H2,1-2H3/b;5-4+. The molecule has 1 aliphatic rings. The number of carbonyl (C=O) groups excluding carboxylic acids is 1. The first-order valence-electron chi connectivity index (χ1n) is 13.6. The number of anilines is 3. The second-order valence-electron chi connectivity index (χ2n) is 9.87. The molecule has 0 amide bonds. The normalized spacial score (nSPS) is 14.4. The molecule has 0 saturated carbocycles. The average molecular weight is 563 g/mol. The van der Waals surface area contributed by atoms with Crippen LogP contribution in [0.1, 0.15) is 59.4 Å². The molecule has 1 fully saturated rings. The van der Waals surface area contributed by atoms with Gasteiger partial charge in [0.15, 0.2) is 5.78 Å². The number of aromatic nitrogens is 1. The minimum atomic E-state index is -3.24. The summed E-state index contributed by atoms with van der Waals surface area (Å²) in [6.07, 6.45) is 3.09. The lowest BCUT2D eigenvalue weighted by molar-refractivity contribution is -0.158. The smallest absolute Gasteiger partial charge is 0.394 e. The Hall–Kier alpha value is -3.40. The van der Waals surface area contributed by atoms with Crippen LogP contribution in [0.4, 0.5) is 30.4 Å². The maximum absolute atomic E-state index is 13.0. The predicted octanol–water partition coefficient (Wildman–Crippen LogP) is 6.93. The first kappa shape index (κ1) is 32.8. The van der Waals surface area contributed by atoms with Crippen LogP contribution in [0.15, 0.2) is 48.7 Å². The van der Waals surface area contributed by atoms with Crippen LogP contribution in [-0.4, -0.2) is 53.6 Å². The Balaban J connectivity index is 0.000000478. The van der Waals surface area contributed by atoms with Crippen LogP contribution in [0, 0.1) is 17.2 Å². The maximum atomic E-state index is 13.0. The van der Waals surface area contributed by atoms with E-state index in [1.807, 2.05) is 18.7 Å². The van der Waals surface area contributed by atoms with Crippen molar-refractivity contribution in [2.45, 2.75) is 66.1 Å². The predicted molar refractivity (Wildman–Crippen MR) is 154 cm³/mol. The molecule has 10 heteroatoms. The molecule has 2 heterocycles. The molecule has 1 aromatic carbocycles. The SMILES string of the molecule is CCC(C)C(=O)/C=C/CF.CCC(CC)C(=N)c1c(Nc2ccc(OC(C)(F)F)cc2)ccnc1N1CC(O)C1. The summed E-state index contributed by atoms with van der Waals surface area (Å²) in [5.41, 5.74) is 2.60. The monoisotopic (exact) mass is 562 g/mol. The van der Waals surface area contributed by atoms with Crippen LogP contribution in [0.25, 0.3) is 0 Å². The van der Waals surface area contributed by atoms with Gasteiger partial charge in [0.1, 0.15) is 18.2 Å². The van der Waals surface area contributed by atoms with Crippen LogP contribution in [-0.2, 0) is 4.79 Å². The van der Waals surface area contributed by atoms with Gasteiger partial charge in [0.25, 0.3) is 0 Å². The highest BCUT2D eigenvalue weighted by atomic mass is 19.3. The number of pyridine rings is 1. The summed E-state index contributed by atoms with van der Waals surface area (Å²) in [7, 11) is 0. The molecular weight excluding hydrogens is 521 g/mol. The zero-order valence-electron chi connectivity index (χ0n) is 23.9. The maximum Gasteiger partial charge on any atom is 0.394 e. The highest BCUT2D eigenvalue weighted by molar-refractivity contribution is 6.09. The molecule has 0 spiro atoms. The molecule has 0 aliphatic carbocycles. The Morgan fingerprint density at radius 1 is 1.20 bits per heavy atom. The van der Waals surface area contributed by atoms with Crippen LogP contribution in [0.3, 0.4) is 0 Å². The van der Waals surface area contributed by atoms with E-state index in [0.29, 0.717) is 48.5 Å². The van der Waals surface area contributed by atoms with E-state index >= 15 is 0 Å². The van der Waals surface area contributed by atoms with Gasteiger partial charge in [-0.3, -0.25) is 4.79 Å². The van der Waals surface area contributed by atoms with Crippen molar-refractivity contribution in [2.75, 3.05) is 30.0 Å². The molecule has 3 N–H and O–H groups in total. The summed E-state index contributed by atoms with van der Waals surface area (Å²) >= 11 is 0. The topological polar surface area (TPSA) is 98.5 Å². The molecule has 2 aromatic rings. The van der Waals surface area contributed by atoms with Crippen LogP contribution >= 0.6 is 0 Å². The molecule has 3 rings (SSSR count). The number of aliphatic hydroxyl groups is 1. The fraction of sp³-hybridized carbons (Fsp3) is 0.500. The Bertz CT molecular complexity index is 1130. The minimum Gasteiger partial charge on any atom is -0.433 e. The lowest BCUT2D eigenvalue weighted by Gasteiger charge is -2.38. The summed E-state index contributed by atoms with van der Waals surface area (Å²) in [6.45, 7) is 9.00. The van der Waals surface area contributed by atoms with Crippen molar-refractivity contribution >= 4 is 28.7 Å². The summed E-state index contributed by atoms with van der Waals surface area (Å²) < 4.78 is 42.1. The molecule has 7 nitrogen and oxygen atoms in total. The van der Waals surface area contributed by atoms with Crippen molar-refractivity contribution in [3.05, 3.63) is 54.2 Å². The van der Waals surface area contributed by atoms with Crippen molar-refractivity contribution in [3.8, 4) is 5.75 Å². The molecule has 0 radical (unpaired) electrons. The number of benzene rings is 1. The fourth-order valence-electron chi connectivity index (χ4n) is 4.08. The number of ether oxygens (including phenoxy) is 1. The third-order valence-electron chi connectivity index (χ3n) is 6.66. The Morgan fingerprint density at radius 2 is 1.82 bits per heavy atom. The van der Waals surface area contributed by atoms with Gasteiger partial charge in [0, 0.05) is 49.4 Å². The summed E-state index contributed by atoms with van der Waals surface area (Å²) in [6, 6.07) is 8.05. The average Bonchev–Trinajstić information content (AvgIpc) is 2.90. The highest BCUT2D eigenvalue weighted by Crippen LogP contribution is 2.34. The number of halogens is 3. The number of β-amino-alcohol motifs (C(OH)–C–C–N with tert-alkyl or cyclic N) is 1. The van der Waals surface area contributed by atoms with E-state index in [1.54, 1.807) is 24.4 Å². The van der Waals surface area contributed by atoms with Gasteiger partial charge in [-0.2, -0.15) is 8.78 Å². The van der Waals surface area contributed by atoms with Crippen LogP contribution in [0.2, 0.25) is 0 Å². The van der Waals surface area contributed by atoms with Crippen molar-refractivity contribution in [2.24, 2.45) is 11.8 Å². The van der Waals surface area contributed by atoms with Gasteiger partial charge in [-0.25, -0.2) is 9.37 Å². The van der Waals surface area contributed by atoms with Gasteiger partial charge in [-0.05, 0) is 55.7 Å². The molecule has 1 aliphatic heterocycles. The fourth-order valence-corrected chi connectivity index (χ4v) is 4.08. The van der Waals surface area contributed by atoms with Gasteiger partial charge in [0.05, 0.1) is 17.4 Å². The number of ketones is 1. The van der Waals surface area contributed by atoms with Gasteiger partial charge in [-0.1, -0.05) is 33.8 Å². The number of hydrogen-bond donors (Lipinski definition) is 3. The van der Waals surface area contributed by atoms with Gasteiger partial charge in [0.2, 0.25) is 0 Å². The van der Waals surface area contributed by atoms with E-state index < -0.39 is 12.8 Å². The number of allylic oxidation sites excluding steroid dienone is 2. The van der Waals surface area contributed by atoms with E-state index in [1.165, 1.54) is 24.3 Å². The molecular formula is C30H41F3N4O3. The van der Waals surface area contributed by atoms with Crippen LogP contribution < -0.4 is 15.0 Å². The molecule has 1 aromatic heterocycles. The number of rotatable bonds is 13. The summed E-state index contributed by atoms with van der Waals surface area (Å²) in [4.78, 5) is 17.3. The second kappa shape index (κ2) is 15.4. The highest BCUT2D eigenvalue weighted by Gasteiger charge is 2.31. The van der Waals surface area contributed by atoms with Gasteiger partial charge >= 0.3 is 6.11 Å². The number of carbonyl (C=O) groups is 1. The molecule has 1 saturated heterocycles. The number of aliphatic hydroxyl groups excluding tert-OH is 1. The van der Waals surface area contributed by atoms with Gasteiger partial charge in [-0.15, -0.1) is 0 Å². The number of nitrogens with zero attached hydrogens (tertiary/aromatic N) is 2. The van der Waals surface area contributed by atoms with E-state index in [9.17, 15) is 23.1 Å². The van der Waals surface area contributed by atoms with Crippen LogP contribution in [0.5, 0.6) is 5.75 Å². The Morgan fingerprint density at radius 3 is 2.33 bits per heavy atom. The largest absolute Gasteiger partial charge is 0.433 e. The molecule has 0 bridgehead atoms. The Labute approximate surface area is 235 Å². The van der Waals surface area contributed by atoms with Crippen molar-refractivity contribution in [1.82, 2.24) is 4.98 Å². The molecule has 40 heavy (non-hydrogen) atoms. The van der Waals surface area contributed by atoms with Crippen molar-refractivity contribution < 1.29 is 27.8 Å². The van der Waals surface area contributed by atoms with E-state index in [2.05, 4.69) is 28.9 Å². The molecule has 220 valence electrons. The third-order valence-corrected chi connectivity index (χ3v) is 6.66. The molecule has 1 unspecified atom stereocenters. The first-order chi connectivity index (χ1) is 18.9.